The summed E-state index contributed by atoms with van der Waals surface area (Å²) in [4.78, 5) is 11.9. The number of para-hydroxylation sites is 1. The Morgan fingerprint density at radius 3 is 2.36 bits per heavy atom. The van der Waals surface area contributed by atoms with E-state index in [-0.39, 0.29) is 11.5 Å². The number of nitriles is 1. The third-order valence-corrected chi connectivity index (χ3v) is 3.54. The van der Waals surface area contributed by atoms with Gasteiger partial charge in [-0.2, -0.15) is 5.26 Å². The predicted molar refractivity (Wildman–Crippen MR) is 90.4 cm³/mol. The van der Waals surface area contributed by atoms with Crippen molar-refractivity contribution in [3.05, 3.63) is 41.1 Å². The molecule has 4 nitrogen and oxygen atoms in total. The van der Waals surface area contributed by atoms with E-state index in [0.29, 0.717) is 6.54 Å². The Kier molecular flexibility index (Phi) is 7.77. The lowest BCUT2D eigenvalue weighted by atomic mass is 10.0. The van der Waals surface area contributed by atoms with Crippen LogP contribution in [-0.4, -0.2) is 12.5 Å². The van der Waals surface area contributed by atoms with Crippen molar-refractivity contribution < 1.29 is 4.79 Å². The average Bonchev–Trinajstić information content (AvgIpc) is 2.55. The van der Waals surface area contributed by atoms with E-state index < -0.39 is 0 Å². The third-order valence-electron chi connectivity index (χ3n) is 3.54. The lowest BCUT2D eigenvalue weighted by molar-refractivity contribution is -0.117. The number of nitrogens with zero attached hydrogens (tertiary/aromatic N) is 1. The molecule has 0 saturated heterocycles. The Hall–Kier alpha value is -2.28. The van der Waals surface area contributed by atoms with Crippen molar-refractivity contribution in [2.45, 2.75) is 46.5 Å². The number of hydrogen-bond donors (Lipinski definition) is 2. The molecule has 2 N–H and O–H groups in total. The second-order valence-corrected chi connectivity index (χ2v) is 5.08. The van der Waals surface area contributed by atoms with E-state index in [0.717, 1.165) is 31.4 Å². The zero-order valence-corrected chi connectivity index (χ0v) is 13.7. The van der Waals surface area contributed by atoms with Gasteiger partial charge in [0, 0.05) is 18.4 Å². The van der Waals surface area contributed by atoms with Crippen LogP contribution in [0.5, 0.6) is 0 Å². The summed E-state index contributed by atoms with van der Waals surface area (Å²) in [6.45, 7) is 6.83. The van der Waals surface area contributed by atoms with Gasteiger partial charge in [-0.05, 0) is 30.4 Å². The van der Waals surface area contributed by atoms with Crippen molar-refractivity contribution in [1.82, 2.24) is 5.32 Å². The normalized spacial score (nSPS) is 10.9. The van der Waals surface area contributed by atoms with Gasteiger partial charge in [-0.15, -0.1) is 0 Å². The molecule has 118 valence electrons. The van der Waals surface area contributed by atoms with Crippen LogP contribution in [0.2, 0.25) is 0 Å². The van der Waals surface area contributed by atoms with Gasteiger partial charge in [-0.25, -0.2) is 0 Å². The summed E-state index contributed by atoms with van der Waals surface area (Å²) in [5, 5.41) is 15.1. The molecular weight excluding hydrogens is 274 g/mol. The molecule has 1 aromatic rings. The molecule has 0 saturated carbocycles. The Morgan fingerprint density at radius 1 is 1.23 bits per heavy atom. The first-order valence-corrected chi connectivity index (χ1v) is 7.93. The first-order chi connectivity index (χ1) is 10.7. The quantitative estimate of drug-likeness (QED) is 0.438. The highest BCUT2D eigenvalue weighted by atomic mass is 16.1. The van der Waals surface area contributed by atoms with Gasteiger partial charge in [0.05, 0.1) is 0 Å². The summed E-state index contributed by atoms with van der Waals surface area (Å²) >= 11 is 0. The number of aryl methyl sites for hydroxylation is 2. The molecule has 0 radical (unpaired) electrons. The second kappa shape index (κ2) is 9.62. The summed E-state index contributed by atoms with van der Waals surface area (Å²) in [5.41, 5.74) is 3.46. The fourth-order valence-corrected chi connectivity index (χ4v) is 2.19. The molecule has 0 aliphatic rings. The molecule has 0 aliphatic heterocycles. The lowest BCUT2D eigenvalue weighted by Crippen LogP contribution is -2.26. The maximum Gasteiger partial charge on any atom is 0.263 e. The molecule has 0 spiro atoms. The standard InChI is InChI=1S/C18H25N3O/c1-4-7-11-20-18(22)16(12-19)13-21-17-14(5-2)9-8-10-15(17)6-3/h8-10,13,21H,4-7,11H2,1-3H3,(H,20,22)/b16-13-. The molecule has 0 bridgehead atoms. The highest BCUT2D eigenvalue weighted by molar-refractivity contribution is 5.97. The van der Waals surface area contributed by atoms with Crippen LogP contribution < -0.4 is 10.6 Å². The lowest BCUT2D eigenvalue weighted by Gasteiger charge is -2.13. The molecule has 0 unspecified atom stereocenters. The minimum absolute atomic E-state index is 0.101. The number of rotatable bonds is 8. The minimum atomic E-state index is -0.324. The van der Waals surface area contributed by atoms with Gasteiger partial charge in [-0.1, -0.05) is 45.4 Å². The van der Waals surface area contributed by atoms with Gasteiger partial charge < -0.3 is 10.6 Å². The molecule has 0 fully saturated rings. The van der Waals surface area contributed by atoms with E-state index >= 15 is 0 Å². The minimum Gasteiger partial charge on any atom is -0.360 e. The van der Waals surface area contributed by atoms with Crippen LogP contribution in [-0.2, 0) is 17.6 Å². The fourth-order valence-electron chi connectivity index (χ4n) is 2.19. The molecule has 1 amide bonds. The third kappa shape index (κ3) is 4.92. The number of anilines is 1. The summed E-state index contributed by atoms with van der Waals surface area (Å²) in [7, 11) is 0. The molecule has 1 aromatic carbocycles. The SMILES string of the molecule is CCCCNC(=O)/C(C#N)=C\Nc1c(CC)cccc1CC. The first kappa shape index (κ1) is 17.8. The Labute approximate surface area is 133 Å². The molecule has 0 aromatic heterocycles. The number of carbonyl (C=O) groups excluding carboxylic acids is 1. The predicted octanol–water partition coefficient (Wildman–Crippen LogP) is 3.55. The number of unbranched alkanes of at least 4 members (excludes halogenated alkanes) is 1. The fraction of sp³-hybridized carbons (Fsp3) is 0.444. The van der Waals surface area contributed by atoms with Crippen LogP contribution in [0.4, 0.5) is 5.69 Å². The van der Waals surface area contributed by atoms with Gasteiger partial charge in [0.1, 0.15) is 11.6 Å². The zero-order chi connectivity index (χ0) is 16.4. The van der Waals surface area contributed by atoms with Crippen LogP contribution in [0.3, 0.4) is 0 Å². The van der Waals surface area contributed by atoms with Crippen LogP contribution >= 0.6 is 0 Å². The summed E-state index contributed by atoms with van der Waals surface area (Å²) < 4.78 is 0. The van der Waals surface area contributed by atoms with Crippen LogP contribution in [0.1, 0.15) is 44.7 Å². The molecular formula is C18H25N3O. The van der Waals surface area contributed by atoms with Gasteiger partial charge in [0.2, 0.25) is 0 Å². The molecule has 0 atom stereocenters. The van der Waals surface area contributed by atoms with Crippen molar-refractivity contribution in [3.63, 3.8) is 0 Å². The van der Waals surface area contributed by atoms with Crippen molar-refractivity contribution >= 4 is 11.6 Å². The van der Waals surface area contributed by atoms with Gasteiger partial charge in [-0.3, -0.25) is 4.79 Å². The maximum absolute atomic E-state index is 11.9. The molecule has 22 heavy (non-hydrogen) atoms. The highest BCUT2D eigenvalue weighted by Crippen LogP contribution is 2.22. The number of benzene rings is 1. The van der Waals surface area contributed by atoms with Crippen molar-refractivity contribution in [2.24, 2.45) is 0 Å². The summed E-state index contributed by atoms with van der Waals surface area (Å²) in [6.07, 6.45) is 5.22. The Morgan fingerprint density at radius 2 is 1.86 bits per heavy atom. The summed E-state index contributed by atoms with van der Waals surface area (Å²) in [6, 6.07) is 8.11. The largest absolute Gasteiger partial charge is 0.360 e. The second-order valence-electron chi connectivity index (χ2n) is 5.08. The smallest absolute Gasteiger partial charge is 0.263 e. The van der Waals surface area contributed by atoms with E-state index in [1.165, 1.54) is 17.3 Å². The van der Waals surface area contributed by atoms with Crippen molar-refractivity contribution in [2.75, 3.05) is 11.9 Å². The van der Waals surface area contributed by atoms with Crippen LogP contribution in [0, 0.1) is 11.3 Å². The summed E-state index contributed by atoms with van der Waals surface area (Å²) in [5.74, 6) is -0.324. The number of nitrogens with one attached hydrogen (secondary N) is 2. The van der Waals surface area contributed by atoms with Gasteiger partial charge in [0.25, 0.3) is 5.91 Å². The molecule has 4 heteroatoms. The maximum atomic E-state index is 11.9. The first-order valence-electron chi connectivity index (χ1n) is 7.93. The topological polar surface area (TPSA) is 64.9 Å². The Balaban J connectivity index is 2.89. The molecule has 1 rings (SSSR count). The van der Waals surface area contributed by atoms with E-state index in [2.05, 4.69) is 43.5 Å². The number of hydrogen-bond acceptors (Lipinski definition) is 3. The van der Waals surface area contributed by atoms with Crippen molar-refractivity contribution in [3.8, 4) is 6.07 Å². The average molecular weight is 299 g/mol. The monoisotopic (exact) mass is 299 g/mol. The molecule has 0 heterocycles. The Bertz CT molecular complexity index is 548. The van der Waals surface area contributed by atoms with Crippen LogP contribution in [0.25, 0.3) is 0 Å². The highest BCUT2D eigenvalue weighted by Gasteiger charge is 2.09. The van der Waals surface area contributed by atoms with Crippen LogP contribution in [0.15, 0.2) is 30.0 Å². The van der Waals surface area contributed by atoms with E-state index in [9.17, 15) is 4.79 Å². The van der Waals surface area contributed by atoms with Crippen molar-refractivity contribution in [1.29, 1.82) is 5.26 Å². The van der Waals surface area contributed by atoms with E-state index in [1.54, 1.807) is 0 Å². The number of amides is 1. The number of carbonyl (C=O) groups is 1. The van der Waals surface area contributed by atoms with Gasteiger partial charge >= 0.3 is 0 Å². The van der Waals surface area contributed by atoms with E-state index in [4.69, 9.17) is 5.26 Å². The van der Waals surface area contributed by atoms with E-state index in [1.807, 2.05) is 12.1 Å². The zero-order valence-electron chi connectivity index (χ0n) is 13.7. The van der Waals surface area contributed by atoms with Gasteiger partial charge in [0.15, 0.2) is 0 Å². The molecule has 0 aliphatic carbocycles.